The van der Waals surface area contributed by atoms with E-state index in [0.29, 0.717) is 11.1 Å². The van der Waals surface area contributed by atoms with Crippen molar-refractivity contribution in [2.24, 2.45) is 0 Å². The van der Waals surface area contributed by atoms with Crippen LogP contribution in [0.25, 0.3) is 0 Å². The van der Waals surface area contributed by atoms with Crippen molar-refractivity contribution in [3.63, 3.8) is 0 Å². The summed E-state index contributed by atoms with van der Waals surface area (Å²) in [5, 5.41) is 4.02. The van der Waals surface area contributed by atoms with Crippen LogP contribution in [-0.2, 0) is 4.79 Å². The first-order valence-corrected chi connectivity index (χ1v) is 8.05. The normalized spacial score (nSPS) is 27.3. The third-order valence-corrected chi connectivity index (χ3v) is 4.83. The third kappa shape index (κ3) is 3.07. The SMILES string of the molecule is CNC1CCCN(C2CCN(c3cccc(Cl)c3)C2=O)C1. The van der Waals surface area contributed by atoms with E-state index >= 15 is 0 Å². The number of nitrogens with zero attached hydrogens (tertiary/aromatic N) is 2. The average Bonchev–Trinajstić information content (AvgIpc) is 2.89. The fourth-order valence-electron chi connectivity index (χ4n) is 3.43. The molecule has 21 heavy (non-hydrogen) atoms. The van der Waals surface area contributed by atoms with Crippen molar-refractivity contribution >= 4 is 23.2 Å². The number of hydrogen-bond acceptors (Lipinski definition) is 3. The first kappa shape index (κ1) is 14.8. The van der Waals surface area contributed by atoms with Gasteiger partial charge in [-0.05, 0) is 51.1 Å². The Morgan fingerprint density at radius 1 is 1.29 bits per heavy atom. The second-order valence-corrected chi connectivity index (χ2v) is 6.33. The van der Waals surface area contributed by atoms with Gasteiger partial charge in [-0.3, -0.25) is 9.69 Å². The number of nitrogens with one attached hydrogen (secondary N) is 1. The lowest BCUT2D eigenvalue weighted by Gasteiger charge is -2.35. The Hall–Kier alpha value is -1.10. The van der Waals surface area contributed by atoms with Gasteiger partial charge in [0.15, 0.2) is 0 Å². The standard InChI is InChI=1S/C16H22ClN3O/c1-18-13-5-3-8-19(11-13)15-7-9-20(16(15)21)14-6-2-4-12(17)10-14/h2,4,6,10,13,15,18H,3,5,7-9,11H2,1H3. The van der Waals surface area contributed by atoms with Gasteiger partial charge in [0.2, 0.25) is 5.91 Å². The van der Waals surface area contributed by atoms with E-state index in [1.54, 1.807) is 0 Å². The number of amides is 1. The molecule has 3 rings (SSSR count). The van der Waals surface area contributed by atoms with Gasteiger partial charge < -0.3 is 10.2 Å². The van der Waals surface area contributed by atoms with E-state index in [0.717, 1.165) is 38.2 Å². The first-order chi connectivity index (χ1) is 10.2. The molecule has 2 saturated heterocycles. The highest BCUT2D eigenvalue weighted by Crippen LogP contribution is 2.27. The van der Waals surface area contributed by atoms with Crippen LogP contribution in [0, 0.1) is 0 Å². The molecule has 5 heteroatoms. The Bertz CT molecular complexity index is 522. The van der Waals surface area contributed by atoms with Gasteiger partial charge in [-0.15, -0.1) is 0 Å². The van der Waals surface area contributed by atoms with Gasteiger partial charge in [0, 0.05) is 29.8 Å². The van der Waals surface area contributed by atoms with Crippen LogP contribution in [0.15, 0.2) is 24.3 Å². The molecule has 0 saturated carbocycles. The molecule has 0 radical (unpaired) electrons. The molecule has 0 aromatic heterocycles. The van der Waals surface area contributed by atoms with Crippen molar-refractivity contribution in [1.29, 1.82) is 0 Å². The van der Waals surface area contributed by atoms with Gasteiger partial charge in [0.1, 0.15) is 0 Å². The van der Waals surface area contributed by atoms with Crippen LogP contribution in [0.5, 0.6) is 0 Å². The number of likely N-dealkylation sites (tertiary alicyclic amines) is 1. The molecule has 114 valence electrons. The second kappa shape index (κ2) is 6.34. The predicted octanol–water partition coefficient (Wildman–Crippen LogP) is 2.13. The zero-order chi connectivity index (χ0) is 14.8. The summed E-state index contributed by atoms with van der Waals surface area (Å²) in [6.07, 6.45) is 3.26. The molecule has 2 unspecified atom stereocenters. The summed E-state index contributed by atoms with van der Waals surface area (Å²) >= 11 is 6.04. The number of carbonyl (C=O) groups is 1. The molecule has 1 aromatic rings. The molecule has 2 atom stereocenters. The van der Waals surface area contributed by atoms with Crippen LogP contribution >= 0.6 is 11.6 Å². The third-order valence-electron chi connectivity index (χ3n) is 4.60. The maximum atomic E-state index is 12.7. The summed E-state index contributed by atoms with van der Waals surface area (Å²) < 4.78 is 0. The molecule has 0 spiro atoms. The minimum absolute atomic E-state index is 0.0279. The second-order valence-electron chi connectivity index (χ2n) is 5.90. The van der Waals surface area contributed by atoms with Crippen molar-refractivity contribution in [3.05, 3.63) is 29.3 Å². The van der Waals surface area contributed by atoms with E-state index in [1.165, 1.54) is 6.42 Å². The Labute approximate surface area is 131 Å². The topological polar surface area (TPSA) is 35.6 Å². The van der Waals surface area contributed by atoms with Crippen LogP contribution in [0.1, 0.15) is 19.3 Å². The van der Waals surface area contributed by atoms with Crippen LogP contribution in [0.3, 0.4) is 0 Å². The van der Waals surface area contributed by atoms with Crippen molar-refractivity contribution in [1.82, 2.24) is 10.2 Å². The fourth-order valence-corrected chi connectivity index (χ4v) is 3.61. The molecule has 2 fully saturated rings. The summed E-state index contributed by atoms with van der Waals surface area (Å²) in [5.41, 5.74) is 0.914. The average molecular weight is 308 g/mol. The summed E-state index contributed by atoms with van der Waals surface area (Å²) in [4.78, 5) is 17.0. The monoisotopic (exact) mass is 307 g/mol. The molecule has 1 aromatic carbocycles. The first-order valence-electron chi connectivity index (χ1n) is 7.67. The van der Waals surface area contributed by atoms with Crippen LogP contribution < -0.4 is 10.2 Å². The minimum Gasteiger partial charge on any atom is -0.316 e. The van der Waals surface area contributed by atoms with Crippen LogP contribution in [0.2, 0.25) is 5.02 Å². The number of hydrogen-bond donors (Lipinski definition) is 1. The lowest BCUT2D eigenvalue weighted by Crippen LogP contribution is -2.51. The molecule has 1 amide bonds. The van der Waals surface area contributed by atoms with E-state index in [4.69, 9.17) is 11.6 Å². The van der Waals surface area contributed by atoms with Crippen LogP contribution in [-0.4, -0.2) is 49.6 Å². The van der Waals surface area contributed by atoms with Gasteiger partial charge in [0.25, 0.3) is 0 Å². The Balaban J connectivity index is 1.71. The number of halogens is 1. The van der Waals surface area contributed by atoms with Crippen molar-refractivity contribution in [2.75, 3.05) is 31.6 Å². The molecule has 1 N–H and O–H groups in total. The van der Waals surface area contributed by atoms with E-state index in [1.807, 2.05) is 36.2 Å². The molecule has 0 bridgehead atoms. The molecular formula is C16H22ClN3O. The maximum Gasteiger partial charge on any atom is 0.244 e. The van der Waals surface area contributed by atoms with Gasteiger partial charge in [-0.1, -0.05) is 17.7 Å². The molecule has 4 nitrogen and oxygen atoms in total. The van der Waals surface area contributed by atoms with Gasteiger partial charge in [0.05, 0.1) is 6.04 Å². The zero-order valence-electron chi connectivity index (χ0n) is 12.4. The number of benzene rings is 1. The Morgan fingerprint density at radius 2 is 2.14 bits per heavy atom. The summed E-state index contributed by atoms with van der Waals surface area (Å²) in [6.45, 7) is 2.78. The van der Waals surface area contributed by atoms with Gasteiger partial charge in [-0.25, -0.2) is 0 Å². The number of likely N-dealkylation sites (N-methyl/N-ethyl adjacent to an activating group) is 1. The molecule has 0 aliphatic carbocycles. The van der Waals surface area contributed by atoms with Crippen LogP contribution in [0.4, 0.5) is 5.69 Å². The van der Waals surface area contributed by atoms with Crippen molar-refractivity contribution in [2.45, 2.75) is 31.3 Å². The molecular weight excluding hydrogens is 286 g/mol. The highest BCUT2D eigenvalue weighted by atomic mass is 35.5. The Kier molecular flexibility index (Phi) is 4.48. The van der Waals surface area contributed by atoms with Gasteiger partial charge >= 0.3 is 0 Å². The number of carbonyl (C=O) groups excluding carboxylic acids is 1. The van der Waals surface area contributed by atoms with E-state index in [-0.39, 0.29) is 11.9 Å². The summed E-state index contributed by atoms with van der Waals surface area (Å²) in [7, 11) is 2.00. The maximum absolute atomic E-state index is 12.7. The van der Waals surface area contributed by atoms with E-state index in [9.17, 15) is 4.79 Å². The van der Waals surface area contributed by atoms with Gasteiger partial charge in [-0.2, -0.15) is 0 Å². The van der Waals surface area contributed by atoms with Crippen molar-refractivity contribution < 1.29 is 4.79 Å². The highest BCUT2D eigenvalue weighted by Gasteiger charge is 2.38. The zero-order valence-corrected chi connectivity index (χ0v) is 13.1. The highest BCUT2D eigenvalue weighted by molar-refractivity contribution is 6.30. The lowest BCUT2D eigenvalue weighted by molar-refractivity contribution is -0.122. The van der Waals surface area contributed by atoms with Crippen molar-refractivity contribution in [3.8, 4) is 0 Å². The fraction of sp³-hybridized carbons (Fsp3) is 0.562. The van der Waals surface area contributed by atoms with E-state index in [2.05, 4.69) is 10.2 Å². The Morgan fingerprint density at radius 3 is 2.90 bits per heavy atom. The molecule has 2 aliphatic heterocycles. The molecule has 2 heterocycles. The summed E-state index contributed by atoms with van der Waals surface area (Å²) in [5.74, 6) is 0.217. The predicted molar refractivity (Wildman–Crippen MR) is 85.9 cm³/mol. The quantitative estimate of drug-likeness (QED) is 0.929. The largest absolute Gasteiger partial charge is 0.316 e. The number of rotatable bonds is 3. The number of piperidine rings is 1. The summed E-state index contributed by atoms with van der Waals surface area (Å²) in [6, 6.07) is 8.10. The lowest BCUT2D eigenvalue weighted by atomic mass is 10.0. The minimum atomic E-state index is 0.0279. The van der Waals surface area contributed by atoms with E-state index < -0.39 is 0 Å². The smallest absolute Gasteiger partial charge is 0.244 e. The molecule has 2 aliphatic rings. The number of anilines is 1.